The summed E-state index contributed by atoms with van der Waals surface area (Å²) < 4.78 is 7.76. The van der Waals surface area contributed by atoms with Gasteiger partial charge in [-0.15, -0.1) is 16.7 Å². The number of rotatable bonds is 4. The number of aryl methyl sites for hydroxylation is 1. The van der Waals surface area contributed by atoms with Gasteiger partial charge in [0.05, 0.1) is 18.1 Å². The Balaban J connectivity index is 1.67. The number of halogens is 1. The summed E-state index contributed by atoms with van der Waals surface area (Å²) in [7, 11) is 0. The Hall–Kier alpha value is -1.55. The van der Waals surface area contributed by atoms with Crippen LogP contribution in [0.25, 0.3) is 0 Å². The summed E-state index contributed by atoms with van der Waals surface area (Å²) in [6.45, 7) is 4.84. The third-order valence-corrected chi connectivity index (χ3v) is 4.12. The molecule has 2 heterocycles. The zero-order chi connectivity index (χ0) is 14.1. The van der Waals surface area contributed by atoms with Gasteiger partial charge in [0.1, 0.15) is 17.5 Å². The molecule has 0 N–H and O–H groups in total. The van der Waals surface area contributed by atoms with Gasteiger partial charge < -0.3 is 4.74 Å². The van der Waals surface area contributed by atoms with Gasteiger partial charge in [-0.2, -0.15) is 0 Å². The summed E-state index contributed by atoms with van der Waals surface area (Å²) in [6.07, 6.45) is 3.81. The molecule has 0 saturated carbocycles. The average Bonchev–Trinajstić information content (AvgIpc) is 3.04. The van der Waals surface area contributed by atoms with E-state index in [0.717, 1.165) is 24.3 Å². The first kappa shape index (κ1) is 13.4. The van der Waals surface area contributed by atoms with Crippen molar-refractivity contribution in [2.24, 2.45) is 0 Å². The van der Waals surface area contributed by atoms with E-state index in [0.29, 0.717) is 6.54 Å². The molecule has 0 saturated heterocycles. The van der Waals surface area contributed by atoms with Gasteiger partial charge in [-0.25, -0.2) is 4.68 Å². The Labute approximate surface area is 123 Å². The normalized spacial score (nSPS) is 18.6. The highest BCUT2D eigenvalue weighted by molar-refractivity contribution is 6.20. The molecule has 0 fully saturated rings. The number of hydrogen-bond donors (Lipinski definition) is 0. The van der Waals surface area contributed by atoms with Crippen LogP contribution in [-0.4, -0.2) is 21.1 Å². The van der Waals surface area contributed by atoms with Crippen molar-refractivity contribution in [3.8, 4) is 5.75 Å². The Morgan fingerprint density at radius 3 is 3.15 bits per heavy atom. The number of nitrogens with zero attached hydrogens (tertiary/aromatic N) is 3. The molecular formula is C15H18ClN3O. The molecule has 2 atom stereocenters. The van der Waals surface area contributed by atoms with Crippen LogP contribution < -0.4 is 4.74 Å². The first-order valence-corrected chi connectivity index (χ1v) is 7.39. The van der Waals surface area contributed by atoms with E-state index in [4.69, 9.17) is 16.3 Å². The largest absolute Gasteiger partial charge is 0.488 e. The van der Waals surface area contributed by atoms with Crippen LogP contribution in [0.1, 0.15) is 35.5 Å². The minimum absolute atomic E-state index is 0.0620. The molecule has 20 heavy (non-hydrogen) atoms. The van der Waals surface area contributed by atoms with Crippen LogP contribution in [0, 0.1) is 6.92 Å². The van der Waals surface area contributed by atoms with Gasteiger partial charge in [-0.1, -0.05) is 29.8 Å². The molecule has 3 rings (SSSR count). The van der Waals surface area contributed by atoms with Crippen molar-refractivity contribution >= 4 is 11.6 Å². The van der Waals surface area contributed by atoms with Crippen LogP contribution in [0.4, 0.5) is 0 Å². The molecule has 4 nitrogen and oxygen atoms in total. The fourth-order valence-electron chi connectivity index (χ4n) is 2.51. The Morgan fingerprint density at radius 2 is 2.35 bits per heavy atom. The summed E-state index contributed by atoms with van der Waals surface area (Å²) >= 11 is 6.16. The molecule has 1 aromatic carbocycles. The molecule has 0 radical (unpaired) electrons. The highest BCUT2D eigenvalue weighted by Gasteiger charge is 2.24. The molecule has 0 amide bonds. The van der Waals surface area contributed by atoms with Crippen LogP contribution in [0.15, 0.2) is 24.4 Å². The lowest BCUT2D eigenvalue weighted by Gasteiger charge is -2.09. The van der Waals surface area contributed by atoms with Gasteiger partial charge in [0, 0.05) is 6.42 Å². The van der Waals surface area contributed by atoms with Crippen molar-refractivity contribution in [1.82, 2.24) is 15.0 Å². The summed E-state index contributed by atoms with van der Waals surface area (Å²) in [5, 5.41) is 8.19. The molecule has 1 aliphatic rings. The van der Waals surface area contributed by atoms with E-state index in [1.165, 1.54) is 11.1 Å². The number of alkyl halides is 1. The van der Waals surface area contributed by atoms with Gasteiger partial charge in [0.15, 0.2) is 0 Å². The number of benzene rings is 1. The van der Waals surface area contributed by atoms with E-state index in [1.807, 2.05) is 23.9 Å². The van der Waals surface area contributed by atoms with Crippen LogP contribution in [0.2, 0.25) is 0 Å². The van der Waals surface area contributed by atoms with Crippen molar-refractivity contribution < 1.29 is 4.74 Å². The average molecular weight is 292 g/mol. The maximum atomic E-state index is 6.16. The Bertz CT molecular complexity index is 611. The van der Waals surface area contributed by atoms with Crippen molar-refractivity contribution in [1.29, 1.82) is 0 Å². The number of ether oxygens (including phenoxy) is 1. The second-order valence-corrected chi connectivity index (χ2v) is 5.82. The van der Waals surface area contributed by atoms with E-state index in [1.54, 1.807) is 0 Å². The fraction of sp³-hybridized carbons (Fsp3) is 0.467. The topological polar surface area (TPSA) is 39.9 Å². The first-order valence-electron chi connectivity index (χ1n) is 6.96. The van der Waals surface area contributed by atoms with E-state index in [9.17, 15) is 0 Å². The predicted octanol–water partition coefficient (Wildman–Crippen LogP) is 3.28. The minimum atomic E-state index is -0.0620. The highest BCUT2D eigenvalue weighted by atomic mass is 35.5. The standard InChI is InChI=1S/C15H18ClN3O/c1-3-13(16)14-9-19(18-17-14)8-12-7-11-6-10(2)4-5-15(11)20-12/h4-6,9,12-13H,3,7-8H2,1-2H3. The highest BCUT2D eigenvalue weighted by Crippen LogP contribution is 2.30. The molecular weight excluding hydrogens is 274 g/mol. The smallest absolute Gasteiger partial charge is 0.123 e. The maximum absolute atomic E-state index is 6.16. The molecule has 106 valence electrons. The monoisotopic (exact) mass is 291 g/mol. The van der Waals surface area contributed by atoms with E-state index < -0.39 is 0 Å². The second kappa shape index (κ2) is 5.44. The van der Waals surface area contributed by atoms with Crippen LogP contribution in [-0.2, 0) is 13.0 Å². The quantitative estimate of drug-likeness (QED) is 0.812. The van der Waals surface area contributed by atoms with E-state index >= 15 is 0 Å². The summed E-state index contributed by atoms with van der Waals surface area (Å²) in [6, 6.07) is 6.31. The van der Waals surface area contributed by atoms with Crippen molar-refractivity contribution in [3.05, 3.63) is 41.2 Å². The SMILES string of the molecule is CCC(Cl)c1cn(CC2Cc3cc(C)ccc3O2)nn1. The third kappa shape index (κ3) is 2.66. The summed E-state index contributed by atoms with van der Waals surface area (Å²) in [4.78, 5) is 0. The fourth-order valence-corrected chi connectivity index (χ4v) is 2.61. The molecule has 2 unspecified atom stereocenters. The molecule has 1 aliphatic heterocycles. The molecule has 1 aromatic heterocycles. The van der Waals surface area contributed by atoms with Crippen molar-refractivity contribution in [3.63, 3.8) is 0 Å². The lowest BCUT2D eigenvalue weighted by molar-refractivity contribution is 0.202. The summed E-state index contributed by atoms with van der Waals surface area (Å²) in [5.41, 5.74) is 3.38. The Morgan fingerprint density at radius 1 is 1.50 bits per heavy atom. The summed E-state index contributed by atoms with van der Waals surface area (Å²) in [5.74, 6) is 0.990. The number of hydrogen-bond acceptors (Lipinski definition) is 3. The third-order valence-electron chi connectivity index (χ3n) is 3.58. The van der Waals surface area contributed by atoms with E-state index in [2.05, 4.69) is 29.4 Å². The predicted molar refractivity (Wildman–Crippen MR) is 78.2 cm³/mol. The number of aromatic nitrogens is 3. The van der Waals surface area contributed by atoms with Crippen LogP contribution >= 0.6 is 11.6 Å². The lowest BCUT2D eigenvalue weighted by atomic mass is 10.1. The van der Waals surface area contributed by atoms with Gasteiger partial charge in [0.2, 0.25) is 0 Å². The van der Waals surface area contributed by atoms with Gasteiger partial charge in [0.25, 0.3) is 0 Å². The number of fused-ring (bicyclic) bond motifs is 1. The molecule has 2 aromatic rings. The minimum Gasteiger partial charge on any atom is -0.488 e. The second-order valence-electron chi connectivity index (χ2n) is 5.30. The molecule has 0 spiro atoms. The van der Waals surface area contributed by atoms with Gasteiger partial charge >= 0.3 is 0 Å². The molecule has 0 bridgehead atoms. The first-order chi connectivity index (χ1) is 9.65. The lowest BCUT2D eigenvalue weighted by Crippen LogP contribution is -2.21. The molecule has 0 aliphatic carbocycles. The zero-order valence-electron chi connectivity index (χ0n) is 11.7. The van der Waals surface area contributed by atoms with Crippen LogP contribution in [0.5, 0.6) is 5.75 Å². The van der Waals surface area contributed by atoms with Gasteiger partial charge in [-0.05, 0) is 25.0 Å². The maximum Gasteiger partial charge on any atom is 0.123 e. The van der Waals surface area contributed by atoms with Crippen LogP contribution in [0.3, 0.4) is 0 Å². The van der Waals surface area contributed by atoms with Gasteiger partial charge in [-0.3, -0.25) is 0 Å². The van der Waals surface area contributed by atoms with Crippen molar-refractivity contribution in [2.45, 2.75) is 44.7 Å². The zero-order valence-corrected chi connectivity index (χ0v) is 12.5. The molecule has 5 heteroatoms. The Kier molecular flexibility index (Phi) is 3.66. The van der Waals surface area contributed by atoms with Crippen molar-refractivity contribution in [2.75, 3.05) is 0 Å². The van der Waals surface area contributed by atoms with E-state index in [-0.39, 0.29) is 11.5 Å².